The summed E-state index contributed by atoms with van der Waals surface area (Å²) >= 11 is 0. The van der Waals surface area contributed by atoms with E-state index < -0.39 is 23.6 Å². The number of aliphatic imine (C=N–C) groups is 1. The fourth-order valence-electron chi connectivity index (χ4n) is 1.86. The molecule has 0 aliphatic rings. The number of rotatable bonds is 2. The Bertz CT molecular complexity index is 559. The molecule has 7 heteroatoms. The van der Waals surface area contributed by atoms with E-state index in [1.165, 1.54) is 6.07 Å². The van der Waals surface area contributed by atoms with Crippen LogP contribution in [0, 0.1) is 6.92 Å². The average Bonchev–Trinajstić information content (AvgIpc) is 2.25. The minimum atomic E-state index is -4.54. The Morgan fingerprint density at radius 2 is 1.80 bits per heavy atom. The smallest absolute Gasteiger partial charge is 0.370 e. The van der Waals surface area contributed by atoms with Crippen LogP contribution in [0.1, 0.15) is 46.8 Å². The minimum Gasteiger partial charge on any atom is -0.370 e. The van der Waals surface area contributed by atoms with Gasteiger partial charge < -0.3 is 11.5 Å². The van der Waals surface area contributed by atoms with E-state index in [-0.39, 0.29) is 17.0 Å². The first kappa shape index (κ1) is 16.0. The molecule has 0 atom stereocenters. The zero-order valence-electron chi connectivity index (χ0n) is 11.4. The quantitative estimate of drug-likeness (QED) is 0.648. The van der Waals surface area contributed by atoms with Crippen LogP contribution in [0.2, 0.25) is 0 Å². The van der Waals surface area contributed by atoms with Crippen molar-refractivity contribution in [1.29, 1.82) is 0 Å². The van der Waals surface area contributed by atoms with Crippen molar-refractivity contribution >= 4 is 11.9 Å². The first-order valence-corrected chi connectivity index (χ1v) is 5.89. The van der Waals surface area contributed by atoms with Gasteiger partial charge in [0.05, 0.1) is 5.56 Å². The maximum absolute atomic E-state index is 13.0. The zero-order chi connectivity index (χ0) is 15.7. The lowest BCUT2D eigenvalue weighted by Gasteiger charge is -2.18. The van der Waals surface area contributed by atoms with Gasteiger partial charge in [-0.25, -0.2) is 0 Å². The molecule has 0 unspecified atom stereocenters. The lowest BCUT2D eigenvalue weighted by molar-refractivity contribution is -0.138. The molecular formula is C13H16F3N3O. The molecule has 0 saturated heterocycles. The second kappa shape index (κ2) is 5.52. The van der Waals surface area contributed by atoms with Gasteiger partial charge in [0.1, 0.15) is 0 Å². The molecule has 0 heterocycles. The highest BCUT2D eigenvalue weighted by Gasteiger charge is 2.35. The first-order chi connectivity index (χ1) is 9.04. The van der Waals surface area contributed by atoms with Gasteiger partial charge in [-0.15, -0.1) is 0 Å². The van der Waals surface area contributed by atoms with E-state index >= 15 is 0 Å². The third-order valence-corrected chi connectivity index (χ3v) is 2.78. The number of carbonyl (C=O) groups is 1. The second-order valence-electron chi connectivity index (χ2n) is 4.75. The number of benzene rings is 1. The molecule has 4 N–H and O–H groups in total. The zero-order valence-corrected chi connectivity index (χ0v) is 11.4. The molecule has 0 fully saturated rings. The maximum atomic E-state index is 13.0. The number of amides is 1. The SMILES string of the molecule is Cc1cc(C(C)C)c(C(F)(F)F)cc1C(=O)N=C(N)N. The van der Waals surface area contributed by atoms with Crippen LogP contribution in [-0.4, -0.2) is 11.9 Å². The van der Waals surface area contributed by atoms with Crippen molar-refractivity contribution in [3.8, 4) is 0 Å². The average molecular weight is 287 g/mol. The van der Waals surface area contributed by atoms with Crippen LogP contribution in [0.3, 0.4) is 0 Å². The van der Waals surface area contributed by atoms with E-state index in [4.69, 9.17) is 11.5 Å². The molecule has 1 aromatic carbocycles. The van der Waals surface area contributed by atoms with Crippen molar-refractivity contribution in [2.75, 3.05) is 0 Å². The van der Waals surface area contributed by atoms with Crippen LogP contribution in [0.4, 0.5) is 13.2 Å². The standard InChI is InChI=1S/C13H16F3N3O/c1-6(2)8-4-7(3)9(11(20)19-12(17)18)5-10(8)13(14,15)16/h4-6H,1-3H3,(H4,17,18,19,20). The van der Waals surface area contributed by atoms with E-state index in [0.29, 0.717) is 5.56 Å². The van der Waals surface area contributed by atoms with E-state index in [1.54, 1.807) is 20.8 Å². The number of carbonyl (C=O) groups excluding carboxylic acids is 1. The van der Waals surface area contributed by atoms with Crippen molar-refractivity contribution in [1.82, 2.24) is 0 Å². The van der Waals surface area contributed by atoms with E-state index in [1.807, 2.05) is 0 Å². The fraction of sp³-hybridized carbons (Fsp3) is 0.385. The Labute approximate surface area is 114 Å². The Hall–Kier alpha value is -2.05. The molecule has 0 aromatic heterocycles. The number of hydrogen-bond donors (Lipinski definition) is 2. The van der Waals surface area contributed by atoms with Gasteiger partial charge in [0.25, 0.3) is 5.91 Å². The fourth-order valence-corrected chi connectivity index (χ4v) is 1.86. The van der Waals surface area contributed by atoms with Crippen molar-refractivity contribution in [3.05, 3.63) is 34.4 Å². The van der Waals surface area contributed by atoms with Crippen LogP contribution >= 0.6 is 0 Å². The molecule has 110 valence electrons. The third-order valence-electron chi connectivity index (χ3n) is 2.78. The Morgan fingerprint density at radius 3 is 2.20 bits per heavy atom. The number of halogens is 3. The van der Waals surface area contributed by atoms with Gasteiger partial charge in [-0.2, -0.15) is 18.2 Å². The summed E-state index contributed by atoms with van der Waals surface area (Å²) < 4.78 is 39.1. The van der Waals surface area contributed by atoms with Crippen molar-refractivity contribution in [2.24, 2.45) is 16.5 Å². The largest absolute Gasteiger partial charge is 0.416 e. The Balaban J connectivity index is 3.51. The topological polar surface area (TPSA) is 81.5 Å². The molecule has 1 rings (SSSR count). The van der Waals surface area contributed by atoms with Crippen molar-refractivity contribution in [3.63, 3.8) is 0 Å². The molecule has 0 aliphatic heterocycles. The molecular weight excluding hydrogens is 271 g/mol. The number of hydrogen-bond acceptors (Lipinski definition) is 1. The first-order valence-electron chi connectivity index (χ1n) is 5.89. The molecule has 20 heavy (non-hydrogen) atoms. The molecule has 0 aliphatic carbocycles. The minimum absolute atomic E-state index is 0.135. The summed E-state index contributed by atoms with van der Waals surface area (Å²) in [4.78, 5) is 15.0. The summed E-state index contributed by atoms with van der Waals surface area (Å²) in [5.41, 5.74) is 9.67. The molecule has 1 aromatic rings. The van der Waals surface area contributed by atoms with E-state index in [2.05, 4.69) is 4.99 Å². The van der Waals surface area contributed by atoms with Crippen molar-refractivity contribution < 1.29 is 18.0 Å². The van der Waals surface area contributed by atoms with Gasteiger partial charge in [0.15, 0.2) is 5.96 Å². The van der Waals surface area contributed by atoms with Gasteiger partial charge in [0, 0.05) is 5.56 Å². The number of aryl methyl sites for hydroxylation is 1. The molecule has 1 amide bonds. The summed E-state index contributed by atoms with van der Waals surface area (Å²) in [6.45, 7) is 4.85. The highest BCUT2D eigenvalue weighted by atomic mass is 19.4. The molecule has 0 spiro atoms. The predicted octanol–water partition coefficient (Wildman–Crippen LogP) is 2.55. The molecule has 0 saturated carbocycles. The van der Waals surface area contributed by atoms with E-state index in [9.17, 15) is 18.0 Å². The lowest BCUT2D eigenvalue weighted by atomic mass is 9.92. The third kappa shape index (κ3) is 3.49. The highest BCUT2D eigenvalue weighted by Crippen LogP contribution is 2.36. The Morgan fingerprint density at radius 1 is 1.25 bits per heavy atom. The number of nitrogens with two attached hydrogens (primary N) is 2. The van der Waals surface area contributed by atoms with Crippen molar-refractivity contribution in [2.45, 2.75) is 32.9 Å². The molecule has 4 nitrogen and oxygen atoms in total. The Kier molecular flexibility index (Phi) is 4.42. The van der Waals surface area contributed by atoms with Crippen LogP contribution < -0.4 is 11.5 Å². The van der Waals surface area contributed by atoms with Gasteiger partial charge in [0.2, 0.25) is 0 Å². The number of guanidine groups is 1. The van der Waals surface area contributed by atoms with Crippen LogP contribution in [-0.2, 0) is 6.18 Å². The number of nitrogens with zero attached hydrogens (tertiary/aromatic N) is 1. The lowest BCUT2D eigenvalue weighted by Crippen LogP contribution is -2.24. The predicted molar refractivity (Wildman–Crippen MR) is 70.4 cm³/mol. The van der Waals surface area contributed by atoms with Crippen LogP contribution in [0.15, 0.2) is 17.1 Å². The van der Waals surface area contributed by atoms with Crippen LogP contribution in [0.25, 0.3) is 0 Å². The second-order valence-corrected chi connectivity index (χ2v) is 4.75. The molecule has 0 bridgehead atoms. The van der Waals surface area contributed by atoms with E-state index in [0.717, 1.165) is 6.07 Å². The summed E-state index contributed by atoms with van der Waals surface area (Å²) in [6.07, 6.45) is -4.54. The monoisotopic (exact) mass is 287 g/mol. The summed E-state index contributed by atoms with van der Waals surface area (Å²) in [5, 5.41) is 0. The van der Waals surface area contributed by atoms with Gasteiger partial charge in [-0.3, -0.25) is 4.79 Å². The molecule has 0 radical (unpaired) electrons. The van der Waals surface area contributed by atoms with Gasteiger partial charge in [-0.1, -0.05) is 19.9 Å². The summed E-state index contributed by atoms with van der Waals surface area (Å²) in [7, 11) is 0. The number of alkyl halides is 3. The summed E-state index contributed by atoms with van der Waals surface area (Å²) in [6, 6.07) is 2.16. The maximum Gasteiger partial charge on any atom is 0.416 e. The van der Waals surface area contributed by atoms with Gasteiger partial charge >= 0.3 is 6.18 Å². The summed E-state index contributed by atoms with van der Waals surface area (Å²) in [5.74, 6) is -1.70. The van der Waals surface area contributed by atoms with Crippen LogP contribution in [0.5, 0.6) is 0 Å². The normalized spacial score (nSPS) is 11.6. The highest BCUT2D eigenvalue weighted by molar-refractivity contribution is 6.03. The van der Waals surface area contributed by atoms with Gasteiger partial charge in [-0.05, 0) is 30.0 Å².